The lowest BCUT2D eigenvalue weighted by atomic mass is 10.3. The molecule has 2 heterocycles. The average Bonchev–Trinajstić information content (AvgIpc) is 2.57. The molecular weight excluding hydrogens is 331 g/mol. The lowest BCUT2D eigenvalue weighted by Crippen LogP contribution is -2.06. The molecule has 0 atom stereocenters. The Bertz CT molecular complexity index is 886. The average molecular weight is 345 g/mol. The minimum absolute atomic E-state index is 0.00934. The summed E-state index contributed by atoms with van der Waals surface area (Å²) < 4.78 is 13.2. The fraction of sp³-hybridized carbons (Fsp3) is 0.0625. The molecule has 1 aromatic carbocycles. The summed E-state index contributed by atoms with van der Waals surface area (Å²) >= 11 is 5.78. The van der Waals surface area contributed by atoms with Crippen LogP contribution in [0.25, 0.3) is 0 Å². The van der Waals surface area contributed by atoms with Crippen molar-refractivity contribution in [2.75, 3.05) is 16.4 Å². The van der Waals surface area contributed by atoms with Crippen LogP contribution in [0.4, 0.5) is 33.2 Å². The van der Waals surface area contributed by atoms with Crippen molar-refractivity contribution >= 4 is 40.4 Å². The van der Waals surface area contributed by atoms with Crippen LogP contribution in [0, 0.1) is 12.7 Å². The number of aromatic nitrogens is 3. The molecule has 4 N–H and O–H groups in total. The molecular formula is C16H14ClFN6. The van der Waals surface area contributed by atoms with Gasteiger partial charge in [-0.2, -0.15) is 0 Å². The third-order valence-electron chi connectivity index (χ3n) is 3.31. The van der Waals surface area contributed by atoms with Crippen molar-refractivity contribution in [1.82, 2.24) is 15.0 Å². The van der Waals surface area contributed by atoms with E-state index < -0.39 is 5.82 Å². The zero-order valence-electron chi connectivity index (χ0n) is 12.7. The van der Waals surface area contributed by atoms with Gasteiger partial charge in [0.2, 0.25) is 0 Å². The maximum atomic E-state index is 13.2. The van der Waals surface area contributed by atoms with E-state index in [4.69, 9.17) is 17.3 Å². The Labute approximate surface area is 142 Å². The number of halogens is 2. The normalized spacial score (nSPS) is 10.5. The zero-order chi connectivity index (χ0) is 17.1. The number of rotatable bonds is 4. The lowest BCUT2D eigenvalue weighted by Gasteiger charge is -2.13. The van der Waals surface area contributed by atoms with Crippen LogP contribution in [0.2, 0.25) is 5.02 Å². The predicted molar refractivity (Wildman–Crippen MR) is 93.4 cm³/mol. The minimum Gasteiger partial charge on any atom is -0.393 e. The van der Waals surface area contributed by atoms with E-state index in [2.05, 4.69) is 25.6 Å². The second kappa shape index (κ2) is 6.67. The fourth-order valence-electron chi connectivity index (χ4n) is 2.03. The van der Waals surface area contributed by atoms with Crippen LogP contribution in [0.1, 0.15) is 5.56 Å². The lowest BCUT2D eigenvalue weighted by molar-refractivity contribution is 0.628. The van der Waals surface area contributed by atoms with Crippen LogP contribution < -0.4 is 16.4 Å². The number of hydrogen-bond donors (Lipinski definition) is 3. The number of nitrogens with one attached hydrogen (secondary N) is 2. The molecule has 8 heteroatoms. The SMILES string of the molecule is Cc1cccnc1Nc1ncnc(Nc2ccc(F)c(Cl)c2)c1N. The third kappa shape index (κ3) is 3.36. The minimum atomic E-state index is -0.495. The second-order valence-corrected chi connectivity index (χ2v) is 5.44. The molecule has 0 aliphatic heterocycles. The van der Waals surface area contributed by atoms with Gasteiger partial charge in [0.1, 0.15) is 23.6 Å². The molecule has 3 aromatic rings. The van der Waals surface area contributed by atoms with Crippen LogP contribution in [0.15, 0.2) is 42.9 Å². The Morgan fingerprint density at radius 1 is 1.04 bits per heavy atom. The predicted octanol–water partition coefficient (Wildman–Crippen LogP) is 4.04. The van der Waals surface area contributed by atoms with Gasteiger partial charge in [0, 0.05) is 11.9 Å². The van der Waals surface area contributed by atoms with Gasteiger partial charge in [0.25, 0.3) is 0 Å². The quantitative estimate of drug-likeness (QED) is 0.662. The number of pyridine rings is 1. The van der Waals surface area contributed by atoms with Crippen LogP contribution in [0.5, 0.6) is 0 Å². The van der Waals surface area contributed by atoms with E-state index in [1.54, 1.807) is 12.3 Å². The molecule has 122 valence electrons. The smallest absolute Gasteiger partial charge is 0.160 e. The van der Waals surface area contributed by atoms with E-state index >= 15 is 0 Å². The van der Waals surface area contributed by atoms with Crippen molar-refractivity contribution in [3.8, 4) is 0 Å². The molecule has 0 radical (unpaired) electrons. The molecule has 0 unspecified atom stereocenters. The maximum absolute atomic E-state index is 13.2. The summed E-state index contributed by atoms with van der Waals surface area (Å²) in [5.41, 5.74) is 7.94. The fourth-order valence-corrected chi connectivity index (χ4v) is 2.21. The molecule has 24 heavy (non-hydrogen) atoms. The summed E-state index contributed by atoms with van der Waals surface area (Å²) in [6, 6.07) is 8.02. The second-order valence-electron chi connectivity index (χ2n) is 5.03. The van der Waals surface area contributed by atoms with Gasteiger partial charge >= 0.3 is 0 Å². The van der Waals surface area contributed by atoms with E-state index in [0.717, 1.165) is 5.56 Å². The number of nitrogens with two attached hydrogens (primary N) is 1. The molecule has 0 bridgehead atoms. The molecule has 0 spiro atoms. The highest BCUT2D eigenvalue weighted by Gasteiger charge is 2.11. The van der Waals surface area contributed by atoms with Crippen LogP contribution in [0.3, 0.4) is 0 Å². The van der Waals surface area contributed by atoms with E-state index in [-0.39, 0.29) is 5.02 Å². The van der Waals surface area contributed by atoms with Crippen LogP contribution in [-0.2, 0) is 0 Å². The highest BCUT2D eigenvalue weighted by molar-refractivity contribution is 6.31. The summed E-state index contributed by atoms with van der Waals surface area (Å²) in [5.74, 6) is 0.954. The van der Waals surface area contributed by atoms with Gasteiger partial charge in [0.05, 0.1) is 5.02 Å². The molecule has 0 saturated heterocycles. The number of anilines is 5. The number of benzene rings is 1. The maximum Gasteiger partial charge on any atom is 0.160 e. The first kappa shape index (κ1) is 15.9. The molecule has 0 amide bonds. The van der Waals surface area contributed by atoms with Crippen LogP contribution in [-0.4, -0.2) is 15.0 Å². The Morgan fingerprint density at radius 3 is 2.50 bits per heavy atom. The van der Waals surface area contributed by atoms with Crippen molar-refractivity contribution < 1.29 is 4.39 Å². The third-order valence-corrected chi connectivity index (χ3v) is 3.60. The Morgan fingerprint density at radius 2 is 1.79 bits per heavy atom. The monoisotopic (exact) mass is 344 g/mol. The van der Waals surface area contributed by atoms with E-state index in [9.17, 15) is 4.39 Å². The first-order valence-electron chi connectivity index (χ1n) is 7.06. The Balaban J connectivity index is 1.88. The summed E-state index contributed by atoms with van der Waals surface area (Å²) in [5, 5.41) is 6.08. The molecule has 0 saturated carbocycles. The van der Waals surface area contributed by atoms with Crippen molar-refractivity contribution in [3.05, 3.63) is 59.3 Å². The summed E-state index contributed by atoms with van der Waals surface area (Å²) in [6.45, 7) is 1.92. The number of nitrogen functional groups attached to an aromatic ring is 1. The van der Waals surface area contributed by atoms with Crippen molar-refractivity contribution in [2.45, 2.75) is 6.92 Å². The van der Waals surface area contributed by atoms with E-state index in [0.29, 0.717) is 28.8 Å². The standard InChI is InChI=1S/C16H14ClFN6/c1-9-3-2-6-20-14(9)24-16-13(19)15(21-8-22-16)23-10-4-5-12(18)11(17)7-10/h2-8H,19H2,1H3,(H2,20,21,22,23,24). The highest BCUT2D eigenvalue weighted by Crippen LogP contribution is 2.29. The zero-order valence-corrected chi connectivity index (χ0v) is 13.5. The van der Waals surface area contributed by atoms with E-state index in [1.807, 2.05) is 19.1 Å². The molecule has 0 aliphatic rings. The Kier molecular flexibility index (Phi) is 4.43. The molecule has 6 nitrogen and oxygen atoms in total. The molecule has 2 aromatic heterocycles. The van der Waals surface area contributed by atoms with Gasteiger partial charge in [-0.05, 0) is 36.8 Å². The summed E-state index contributed by atoms with van der Waals surface area (Å²) in [6.07, 6.45) is 3.04. The summed E-state index contributed by atoms with van der Waals surface area (Å²) in [4.78, 5) is 12.5. The van der Waals surface area contributed by atoms with Crippen molar-refractivity contribution in [3.63, 3.8) is 0 Å². The first-order chi connectivity index (χ1) is 11.5. The highest BCUT2D eigenvalue weighted by atomic mass is 35.5. The molecule has 0 aliphatic carbocycles. The largest absolute Gasteiger partial charge is 0.393 e. The van der Waals surface area contributed by atoms with Gasteiger partial charge in [-0.25, -0.2) is 19.3 Å². The van der Waals surface area contributed by atoms with Gasteiger partial charge in [-0.3, -0.25) is 0 Å². The van der Waals surface area contributed by atoms with Crippen LogP contribution >= 0.6 is 11.6 Å². The summed E-state index contributed by atoms with van der Waals surface area (Å²) in [7, 11) is 0. The van der Waals surface area contributed by atoms with E-state index in [1.165, 1.54) is 18.5 Å². The first-order valence-corrected chi connectivity index (χ1v) is 7.43. The van der Waals surface area contributed by atoms with Gasteiger partial charge in [0.15, 0.2) is 11.6 Å². The van der Waals surface area contributed by atoms with Gasteiger partial charge in [-0.15, -0.1) is 0 Å². The number of nitrogens with zero attached hydrogens (tertiary/aromatic N) is 3. The number of aryl methyl sites for hydroxylation is 1. The van der Waals surface area contributed by atoms with Crippen molar-refractivity contribution in [2.24, 2.45) is 0 Å². The van der Waals surface area contributed by atoms with Gasteiger partial charge in [-0.1, -0.05) is 17.7 Å². The molecule has 0 fully saturated rings. The molecule has 3 rings (SSSR count). The topological polar surface area (TPSA) is 88.8 Å². The van der Waals surface area contributed by atoms with Crippen molar-refractivity contribution in [1.29, 1.82) is 0 Å². The Hall–Kier alpha value is -2.93. The van der Waals surface area contributed by atoms with Gasteiger partial charge < -0.3 is 16.4 Å². The number of hydrogen-bond acceptors (Lipinski definition) is 6.